The highest BCUT2D eigenvalue weighted by molar-refractivity contribution is 5.93. The molecule has 2 N–H and O–H groups in total. The summed E-state index contributed by atoms with van der Waals surface area (Å²) in [5, 5.41) is 5.45. The molecule has 7 nitrogen and oxygen atoms in total. The Morgan fingerprint density at radius 2 is 2.22 bits per heavy atom. The van der Waals surface area contributed by atoms with E-state index >= 15 is 0 Å². The Morgan fingerprint density at radius 1 is 1.30 bits per heavy atom. The van der Waals surface area contributed by atoms with Gasteiger partial charge in [0.1, 0.15) is 12.1 Å². The number of aromatic nitrogens is 4. The summed E-state index contributed by atoms with van der Waals surface area (Å²) < 4.78 is 6.22. The molecule has 0 unspecified atom stereocenters. The molecule has 114 valence electrons. The van der Waals surface area contributed by atoms with Crippen molar-refractivity contribution in [3.05, 3.63) is 58.6 Å². The summed E-state index contributed by atoms with van der Waals surface area (Å²) in [7, 11) is 0. The van der Waals surface area contributed by atoms with Crippen LogP contribution in [0.1, 0.15) is 5.56 Å². The predicted octanol–water partition coefficient (Wildman–Crippen LogP) is 1.84. The van der Waals surface area contributed by atoms with E-state index in [2.05, 4.69) is 15.1 Å². The van der Waals surface area contributed by atoms with Crippen molar-refractivity contribution in [3.8, 4) is 11.4 Å². The number of nitrogens with one attached hydrogen (secondary N) is 2. The SMILES string of the molecule is O=COCc1cc2c(=O)[nH]c(-c3cccc4[nH]ccc34)nn2c1. The Hall–Kier alpha value is -3.35. The fourth-order valence-corrected chi connectivity index (χ4v) is 2.68. The van der Waals surface area contributed by atoms with E-state index in [1.807, 2.05) is 30.5 Å². The number of hydrogen-bond acceptors (Lipinski definition) is 4. The Labute approximate surface area is 129 Å². The molecule has 0 fully saturated rings. The van der Waals surface area contributed by atoms with Gasteiger partial charge >= 0.3 is 0 Å². The normalized spacial score (nSPS) is 11.1. The van der Waals surface area contributed by atoms with Gasteiger partial charge in [0.25, 0.3) is 12.0 Å². The molecule has 4 aromatic rings. The second-order valence-corrected chi connectivity index (χ2v) is 5.13. The van der Waals surface area contributed by atoms with Crippen LogP contribution in [-0.4, -0.2) is 26.1 Å². The number of ether oxygens (including phenoxy) is 1. The van der Waals surface area contributed by atoms with E-state index in [9.17, 15) is 9.59 Å². The number of H-pyrrole nitrogens is 2. The summed E-state index contributed by atoms with van der Waals surface area (Å²) in [4.78, 5) is 28.5. The van der Waals surface area contributed by atoms with Crippen LogP contribution >= 0.6 is 0 Å². The van der Waals surface area contributed by atoms with Gasteiger partial charge in [-0.2, -0.15) is 0 Å². The molecule has 3 heterocycles. The van der Waals surface area contributed by atoms with Crippen LogP contribution in [0.15, 0.2) is 47.5 Å². The van der Waals surface area contributed by atoms with Gasteiger partial charge in [0.05, 0.1) is 0 Å². The number of carbonyl (C=O) groups is 1. The van der Waals surface area contributed by atoms with Crippen molar-refractivity contribution in [2.75, 3.05) is 0 Å². The van der Waals surface area contributed by atoms with Gasteiger partial charge in [-0.05, 0) is 18.2 Å². The lowest BCUT2D eigenvalue weighted by Crippen LogP contribution is -2.13. The zero-order valence-corrected chi connectivity index (χ0v) is 11.9. The topological polar surface area (TPSA) is 92.2 Å². The van der Waals surface area contributed by atoms with Crippen LogP contribution in [0.5, 0.6) is 0 Å². The zero-order valence-electron chi connectivity index (χ0n) is 11.9. The molecule has 7 heteroatoms. The number of benzene rings is 1. The van der Waals surface area contributed by atoms with Crippen LogP contribution in [0.2, 0.25) is 0 Å². The van der Waals surface area contributed by atoms with Crippen molar-refractivity contribution < 1.29 is 9.53 Å². The van der Waals surface area contributed by atoms with Gasteiger partial charge in [0.15, 0.2) is 5.82 Å². The van der Waals surface area contributed by atoms with Crippen molar-refractivity contribution in [1.82, 2.24) is 19.6 Å². The van der Waals surface area contributed by atoms with Crippen LogP contribution < -0.4 is 5.56 Å². The van der Waals surface area contributed by atoms with Gasteiger partial charge in [-0.1, -0.05) is 12.1 Å². The minimum Gasteiger partial charge on any atom is -0.463 e. The third-order valence-electron chi connectivity index (χ3n) is 3.70. The molecular formula is C16H12N4O3. The molecule has 0 saturated heterocycles. The third kappa shape index (κ3) is 2.18. The highest BCUT2D eigenvalue weighted by atomic mass is 16.5. The average molecular weight is 308 g/mol. The van der Waals surface area contributed by atoms with Crippen LogP contribution in [0.4, 0.5) is 0 Å². The monoisotopic (exact) mass is 308 g/mol. The minimum atomic E-state index is -0.250. The number of carbonyl (C=O) groups excluding carboxylic acids is 1. The number of fused-ring (bicyclic) bond motifs is 2. The standard InChI is InChI=1S/C16H12N4O3/c21-9-23-8-10-6-14-16(22)18-15(19-20(14)7-10)12-2-1-3-13-11(12)4-5-17-13/h1-7,9,17H,8H2,(H,18,19,22). The highest BCUT2D eigenvalue weighted by Crippen LogP contribution is 2.24. The Balaban J connectivity index is 1.89. The van der Waals surface area contributed by atoms with Gasteiger partial charge in [-0.15, -0.1) is 5.10 Å². The fraction of sp³-hybridized carbons (Fsp3) is 0.0625. The summed E-state index contributed by atoms with van der Waals surface area (Å²) in [5.74, 6) is 0.478. The Morgan fingerprint density at radius 3 is 3.09 bits per heavy atom. The smallest absolute Gasteiger partial charge is 0.293 e. The van der Waals surface area contributed by atoms with Crippen molar-refractivity contribution in [3.63, 3.8) is 0 Å². The van der Waals surface area contributed by atoms with E-state index in [4.69, 9.17) is 4.74 Å². The first-order valence-electron chi connectivity index (χ1n) is 6.99. The van der Waals surface area contributed by atoms with Crippen molar-refractivity contribution in [2.24, 2.45) is 0 Å². The Kier molecular flexibility index (Phi) is 2.97. The maximum absolute atomic E-state index is 12.3. The second kappa shape index (κ2) is 5.13. The first kappa shape index (κ1) is 13.3. The van der Waals surface area contributed by atoms with Crippen LogP contribution in [0, 0.1) is 0 Å². The number of aromatic amines is 2. The molecule has 0 aliphatic heterocycles. The van der Waals surface area contributed by atoms with E-state index in [0.29, 0.717) is 23.4 Å². The third-order valence-corrected chi connectivity index (χ3v) is 3.70. The predicted molar refractivity (Wildman–Crippen MR) is 84.0 cm³/mol. The molecule has 0 saturated carbocycles. The number of hydrogen-bond donors (Lipinski definition) is 2. The molecule has 0 radical (unpaired) electrons. The summed E-state index contributed by atoms with van der Waals surface area (Å²) in [6, 6.07) is 9.35. The van der Waals surface area contributed by atoms with E-state index < -0.39 is 0 Å². The molecule has 0 spiro atoms. The first-order valence-corrected chi connectivity index (χ1v) is 6.99. The van der Waals surface area contributed by atoms with Crippen molar-refractivity contribution >= 4 is 22.9 Å². The zero-order chi connectivity index (χ0) is 15.8. The molecule has 1 aromatic carbocycles. The first-order chi connectivity index (χ1) is 11.3. The van der Waals surface area contributed by atoms with Gasteiger partial charge in [0.2, 0.25) is 0 Å². The van der Waals surface area contributed by atoms with E-state index in [-0.39, 0.29) is 12.2 Å². The summed E-state index contributed by atoms with van der Waals surface area (Å²) in [6.45, 7) is 0.479. The summed E-state index contributed by atoms with van der Waals surface area (Å²) in [6.07, 6.45) is 3.52. The van der Waals surface area contributed by atoms with Crippen LogP contribution in [0.25, 0.3) is 27.8 Å². The van der Waals surface area contributed by atoms with E-state index in [0.717, 1.165) is 16.5 Å². The van der Waals surface area contributed by atoms with Gasteiger partial charge in [0, 0.05) is 34.4 Å². The second-order valence-electron chi connectivity index (χ2n) is 5.13. The summed E-state index contributed by atoms with van der Waals surface area (Å²) >= 11 is 0. The lowest BCUT2D eigenvalue weighted by Gasteiger charge is -2.03. The number of rotatable bonds is 4. The van der Waals surface area contributed by atoms with Gasteiger partial charge in [-0.3, -0.25) is 9.59 Å². The molecule has 0 aliphatic carbocycles. The lowest BCUT2D eigenvalue weighted by molar-refractivity contribution is -0.129. The fourth-order valence-electron chi connectivity index (χ4n) is 2.68. The summed E-state index contributed by atoms with van der Waals surface area (Å²) in [5.41, 5.74) is 2.66. The highest BCUT2D eigenvalue weighted by Gasteiger charge is 2.11. The van der Waals surface area contributed by atoms with Crippen LogP contribution in [0.3, 0.4) is 0 Å². The molecule has 23 heavy (non-hydrogen) atoms. The van der Waals surface area contributed by atoms with E-state index in [1.54, 1.807) is 12.3 Å². The quantitative estimate of drug-likeness (QED) is 0.563. The van der Waals surface area contributed by atoms with Crippen molar-refractivity contribution in [1.29, 1.82) is 0 Å². The molecule has 0 aliphatic rings. The maximum atomic E-state index is 12.3. The molecular weight excluding hydrogens is 296 g/mol. The molecule has 3 aromatic heterocycles. The van der Waals surface area contributed by atoms with Gasteiger partial charge in [-0.25, -0.2) is 4.52 Å². The average Bonchev–Trinajstić information content (AvgIpc) is 3.18. The minimum absolute atomic E-state index is 0.106. The molecule has 0 atom stereocenters. The largest absolute Gasteiger partial charge is 0.463 e. The Bertz CT molecular complexity index is 1070. The molecule has 0 amide bonds. The molecule has 0 bridgehead atoms. The van der Waals surface area contributed by atoms with Crippen LogP contribution in [-0.2, 0) is 16.1 Å². The maximum Gasteiger partial charge on any atom is 0.293 e. The molecule has 4 rings (SSSR count). The lowest BCUT2D eigenvalue weighted by atomic mass is 10.1. The number of nitrogens with zero attached hydrogens (tertiary/aromatic N) is 2. The van der Waals surface area contributed by atoms with E-state index in [1.165, 1.54) is 4.52 Å². The van der Waals surface area contributed by atoms with Gasteiger partial charge < -0.3 is 14.7 Å². The van der Waals surface area contributed by atoms with Crippen molar-refractivity contribution in [2.45, 2.75) is 6.61 Å².